The fourth-order valence-electron chi connectivity index (χ4n) is 4.50. The highest BCUT2D eigenvalue weighted by Crippen LogP contribution is 2.49. The summed E-state index contributed by atoms with van der Waals surface area (Å²) in [6, 6.07) is 4.66. The van der Waals surface area contributed by atoms with Gasteiger partial charge in [-0.05, 0) is 30.5 Å². The minimum absolute atomic E-state index is 0.109. The van der Waals surface area contributed by atoms with Gasteiger partial charge in [0.15, 0.2) is 5.41 Å². The van der Waals surface area contributed by atoms with Gasteiger partial charge in [-0.25, -0.2) is 4.79 Å². The lowest BCUT2D eigenvalue weighted by Gasteiger charge is -2.49. The Labute approximate surface area is 156 Å². The number of amides is 4. The van der Waals surface area contributed by atoms with Crippen LogP contribution in [0.1, 0.15) is 18.4 Å². The molecule has 4 rings (SSSR count). The number of hydrogen-bond acceptors (Lipinski definition) is 5. The van der Waals surface area contributed by atoms with Crippen LogP contribution in [0.3, 0.4) is 0 Å². The number of anilines is 1. The molecule has 0 unspecified atom stereocenters. The fourth-order valence-corrected chi connectivity index (χ4v) is 4.73. The second kappa shape index (κ2) is 6.25. The van der Waals surface area contributed by atoms with E-state index in [0.717, 1.165) is 35.5 Å². The first-order chi connectivity index (χ1) is 12.5. The quantitative estimate of drug-likeness (QED) is 0.809. The molecule has 26 heavy (non-hydrogen) atoms. The molecule has 7 nitrogen and oxygen atoms in total. The Morgan fingerprint density at radius 2 is 2.15 bits per heavy atom. The van der Waals surface area contributed by atoms with Crippen molar-refractivity contribution in [1.29, 1.82) is 0 Å². The molecule has 0 saturated carbocycles. The highest BCUT2D eigenvalue weighted by atomic mass is 35.5. The molecule has 0 bridgehead atoms. The lowest BCUT2D eigenvalue weighted by Crippen LogP contribution is -2.71. The van der Waals surface area contributed by atoms with Crippen molar-refractivity contribution in [1.82, 2.24) is 10.2 Å². The topological polar surface area (TPSA) is 79.0 Å². The molecule has 3 aliphatic rings. The number of carbonyl (C=O) groups excluding carboxylic acids is 3. The smallest absolute Gasteiger partial charge is 0.330 e. The van der Waals surface area contributed by atoms with Gasteiger partial charge in [0.05, 0.1) is 19.2 Å². The number of benzene rings is 1. The Hall–Kier alpha value is -2.12. The summed E-state index contributed by atoms with van der Waals surface area (Å²) in [6.07, 6.45) is 1.80. The third-order valence-corrected chi connectivity index (χ3v) is 6.05. The second-order valence-corrected chi connectivity index (χ2v) is 7.35. The summed E-state index contributed by atoms with van der Waals surface area (Å²) in [5, 5.41) is 2.93. The molecule has 0 aliphatic carbocycles. The zero-order valence-corrected chi connectivity index (χ0v) is 15.2. The molecule has 1 aromatic rings. The SMILES string of the molecule is COCCN1C(=O)NC(=O)[C@@]2(Cc3c(Cl)cccc3N3CCC[C@H]32)C1=O. The lowest BCUT2D eigenvalue weighted by molar-refractivity contribution is -0.153. The van der Waals surface area contributed by atoms with Crippen LogP contribution in [0.4, 0.5) is 10.5 Å². The number of halogens is 1. The van der Waals surface area contributed by atoms with Crippen molar-refractivity contribution < 1.29 is 19.1 Å². The summed E-state index contributed by atoms with van der Waals surface area (Å²) in [4.78, 5) is 41.8. The van der Waals surface area contributed by atoms with Crippen LogP contribution in [0, 0.1) is 5.41 Å². The van der Waals surface area contributed by atoms with E-state index in [0.29, 0.717) is 5.02 Å². The molecule has 0 radical (unpaired) electrons. The van der Waals surface area contributed by atoms with E-state index in [1.165, 1.54) is 7.11 Å². The third-order valence-electron chi connectivity index (χ3n) is 5.70. The molecule has 1 N–H and O–H groups in total. The summed E-state index contributed by atoms with van der Waals surface area (Å²) in [5.74, 6) is -0.977. The van der Waals surface area contributed by atoms with Crippen molar-refractivity contribution in [2.45, 2.75) is 25.3 Å². The van der Waals surface area contributed by atoms with E-state index in [9.17, 15) is 14.4 Å². The van der Waals surface area contributed by atoms with Crippen molar-refractivity contribution in [3.63, 3.8) is 0 Å². The number of imide groups is 2. The number of nitrogens with one attached hydrogen (secondary N) is 1. The Morgan fingerprint density at radius 3 is 2.92 bits per heavy atom. The van der Waals surface area contributed by atoms with E-state index < -0.39 is 23.3 Å². The number of barbiturate groups is 1. The van der Waals surface area contributed by atoms with Gasteiger partial charge in [0, 0.05) is 30.8 Å². The van der Waals surface area contributed by atoms with Gasteiger partial charge < -0.3 is 9.64 Å². The maximum absolute atomic E-state index is 13.4. The van der Waals surface area contributed by atoms with Gasteiger partial charge in [0.25, 0.3) is 0 Å². The van der Waals surface area contributed by atoms with Gasteiger partial charge in [-0.15, -0.1) is 0 Å². The molecular formula is C18H20ClN3O4. The van der Waals surface area contributed by atoms with Crippen molar-refractivity contribution in [3.05, 3.63) is 28.8 Å². The molecule has 1 aromatic carbocycles. The number of hydrogen-bond donors (Lipinski definition) is 1. The van der Waals surface area contributed by atoms with Crippen LogP contribution < -0.4 is 10.2 Å². The van der Waals surface area contributed by atoms with E-state index in [1.54, 1.807) is 6.07 Å². The molecule has 2 fully saturated rings. The molecule has 1 spiro atoms. The minimum Gasteiger partial charge on any atom is -0.383 e. The molecule has 2 atom stereocenters. The second-order valence-electron chi connectivity index (χ2n) is 6.95. The number of fused-ring (bicyclic) bond motifs is 4. The van der Waals surface area contributed by atoms with Gasteiger partial charge in [0.2, 0.25) is 11.8 Å². The number of urea groups is 1. The van der Waals surface area contributed by atoms with Crippen LogP contribution in [0.25, 0.3) is 0 Å². The maximum atomic E-state index is 13.4. The zero-order valence-electron chi connectivity index (χ0n) is 14.5. The van der Waals surface area contributed by atoms with Crippen LogP contribution in [-0.2, 0) is 20.7 Å². The first-order valence-electron chi connectivity index (χ1n) is 8.71. The van der Waals surface area contributed by atoms with Gasteiger partial charge in [0.1, 0.15) is 0 Å². The summed E-state index contributed by atoms with van der Waals surface area (Å²) < 4.78 is 5.02. The van der Waals surface area contributed by atoms with Crippen LogP contribution >= 0.6 is 11.6 Å². The predicted molar refractivity (Wildman–Crippen MR) is 95.1 cm³/mol. The molecule has 0 aromatic heterocycles. The monoisotopic (exact) mass is 377 g/mol. The normalized spacial score (nSPS) is 27.6. The highest BCUT2D eigenvalue weighted by molar-refractivity contribution is 6.32. The van der Waals surface area contributed by atoms with Gasteiger partial charge in [-0.1, -0.05) is 17.7 Å². The molecule has 4 amide bonds. The molecule has 8 heteroatoms. The van der Waals surface area contributed by atoms with E-state index in [4.69, 9.17) is 16.3 Å². The molecule has 3 aliphatic heterocycles. The standard InChI is InChI=1S/C18H20ClN3O4/c1-26-9-8-22-16(24)18(15(23)20-17(22)25)10-11-12(19)4-2-5-13(11)21-7-3-6-14(18)21/h2,4-5,14H,3,6-10H2,1H3,(H,20,23,25)/t14-,18-/m0/s1. The number of nitrogens with zero attached hydrogens (tertiary/aromatic N) is 2. The number of rotatable bonds is 3. The Balaban J connectivity index is 1.83. The lowest BCUT2D eigenvalue weighted by atomic mass is 9.68. The Bertz CT molecular complexity index is 799. The molecule has 138 valence electrons. The van der Waals surface area contributed by atoms with E-state index in [-0.39, 0.29) is 25.6 Å². The van der Waals surface area contributed by atoms with Crippen molar-refractivity contribution in [2.75, 3.05) is 31.7 Å². The van der Waals surface area contributed by atoms with Crippen LogP contribution in [0.2, 0.25) is 5.02 Å². The zero-order chi connectivity index (χ0) is 18.5. The summed E-state index contributed by atoms with van der Waals surface area (Å²) in [5.41, 5.74) is 0.430. The predicted octanol–water partition coefficient (Wildman–Crippen LogP) is 1.58. The Kier molecular flexibility index (Phi) is 4.16. The molecular weight excluding hydrogens is 358 g/mol. The van der Waals surface area contributed by atoms with E-state index >= 15 is 0 Å². The summed E-state index contributed by atoms with van der Waals surface area (Å²) in [6.45, 7) is 1.08. The van der Waals surface area contributed by atoms with Gasteiger partial charge >= 0.3 is 6.03 Å². The van der Waals surface area contributed by atoms with Crippen LogP contribution in [0.15, 0.2) is 18.2 Å². The summed E-state index contributed by atoms with van der Waals surface area (Å²) >= 11 is 6.41. The Morgan fingerprint density at radius 1 is 1.35 bits per heavy atom. The number of ether oxygens (including phenoxy) is 1. The van der Waals surface area contributed by atoms with Crippen LogP contribution in [-0.4, -0.2) is 55.6 Å². The van der Waals surface area contributed by atoms with Crippen molar-refractivity contribution in [3.8, 4) is 0 Å². The van der Waals surface area contributed by atoms with Crippen LogP contribution in [0.5, 0.6) is 0 Å². The van der Waals surface area contributed by atoms with Gasteiger partial charge in [-0.2, -0.15) is 0 Å². The van der Waals surface area contributed by atoms with Gasteiger partial charge in [-0.3, -0.25) is 19.8 Å². The average molecular weight is 378 g/mol. The maximum Gasteiger partial charge on any atom is 0.330 e. The number of methoxy groups -OCH3 is 1. The third kappa shape index (κ3) is 2.27. The van der Waals surface area contributed by atoms with Crippen molar-refractivity contribution in [2.24, 2.45) is 5.41 Å². The van der Waals surface area contributed by atoms with E-state index in [1.807, 2.05) is 12.1 Å². The molecule has 2 saturated heterocycles. The number of carbonyl (C=O) groups is 3. The largest absolute Gasteiger partial charge is 0.383 e. The summed E-state index contributed by atoms with van der Waals surface area (Å²) in [7, 11) is 1.50. The minimum atomic E-state index is -1.34. The first-order valence-corrected chi connectivity index (χ1v) is 9.09. The molecule has 3 heterocycles. The average Bonchev–Trinajstić information content (AvgIpc) is 3.11. The first kappa shape index (κ1) is 17.3. The van der Waals surface area contributed by atoms with E-state index in [2.05, 4.69) is 10.2 Å². The highest BCUT2D eigenvalue weighted by Gasteiger charge is 2.62. The van der Waals surface area contributed by atoms with Crippen molar-refractivity contribution >= 4 is 35.1 Å². The fraction of sp³-hybridized carbons (Fsp3) is 0.500.